The Kier molecular flexibility index (Phi) is 5.47. The summed E-state index contributed by atoms with van der Waals surface area (Å²) in [6.45, 7) is 0.977. The Balaban J connectivity index is 1.56. The molecule has 2 heterocycles. The van der Waals surface area contributed by atoms with Gasteiger partial charge in [0, 0.05) is 31.9 Å². The van der Waals surface area contributed by atoms with Crippen molar-refractivity contribution in [3.63, 3.8) is 0 Å². The van der Waals surface area contributed by atoms with Gasteiger partial charge in [0.25, 0.3) is 15.9 Å². The van der Waals surface area contributed by atoms with Crippen LogP contribution in [-0.2, 0) is 14.8 Å². The van der Waals surface area contributed by atoms with Gasteiger partial charge in [-0.2, -0.15) is 4.31 Å². The summed E-state index contributed by atoms with van der Waals surface area (Å²) in [5.74, 6) is -1.16. The van der Waals surface area contributed by atoms with E-state index in [-0.39, 0.29) is 49.5 Å². The van der Waals surface area contributed by atoms with Crippen LogP contribution in [0.5, 0.6) is 0 Å². The van der Waals surface area contributed by atoms with Crippen molar-refractivity contribution < 1.29 is 22.4 Å². The van der Waals surface area contributed by atoms with E-state index in [1.807, 2.05) is 30.3 Å². The zero-order valence-corrected chi connectivity index (χ0v) is 15.3. The third kappa shape index (κ3) is 4.29. The largest absolute Gasteiger partial charge is 0.438 e. The molecule has 0 aliphatic carbocycles. The standard InChI is InChI=1S/C17H20N4O5S/c18-17(23)14-6-7-16(26-14)27(24,25)21-10-8-20(9-11-21)15(22)12-19-13-4-2-1-3-5-13/h1-7,19H,8-12H2,(H2,18,23). The highest BCUT2D eigenvalue weighted by molar-refractivity contribution is 7.89. The van der Waals surface area contributed by atoms with E-state index in [9.17, 15) is 18.0 Å². The lowest BCUT2D eigenvalue weighted by Gasteiger charge is -2.33. The van der Waals surface area contributed by atoms with E-state index >= 15 is 0 Å². The predicted octanol–water partition coefficient (Wildman–Crippen LogP) is 0.323. The van der Waals surface area contributed by atoms with Crippen LogP contribution in [0.3, 0.4) is 0 Å². The molecule has 2 aromatic rings. The number of nitrogens with one attached hydrogen (secondary N) is 1. The van der Waals surface area contributed by atoms with Gasteiger partial charge >= 0.3 is 0 Å². The van der Waals surface area contributed by atoms with Crippen LogP contribution in [0.4, 0.5) is 5.69 Å². The molecule has 1 aromatic carbocycles. The SMILES string of the molecule is NC(=O)c1ccc(S(=O)(=O)N2CCN(C(=O)CNc3ccccc3)CC2)o1. The number of sulfonamides is 1. The second-order valence-corrected chi connectivity index (χ2v) is 7.86. The zero-order chi connectivity index (χ0) is 19.4. The quantitative estimate of drug-likeness (QED) is 0.729. The first kappa shape index (κ1) is 18.9. The smallest absolute Gasteiger partial charge is 0.284 e. The van der Waals surface area contributed by atoms with E-state index in [4.69, 9.17) is 10.2 Å². The summed E-state index contributed by atoms with van der Waals surface area (Å²) in [4.78, 5) is 25.0. The number of nitrogens with two attached hydrogens (primary N) is 1. The number of hydrogen-bond acceptors (Lipinski definition) is 6. The van der Waals surface area contributed by atoms with Crippen molar-refractivity contribution in [2.75, 3.05) is 38.0 Å². The van der Waals surface area contributed by atoms with Gasteiger partial charge in [-0.15, -0.1) is 0 Å². The maximum atomic E-state index is 12.6. The van der Waals surface area contributed by atoms with E-state index < -0.39 is 15.9 Å². The summed E-state index contributed by atoms with van der Waals surface area (Å²) >= 11 is 0. The lowest BCUT2D eigenvalue weighted by molar-refractivity contribution is -0.130. The highest BCUT2D eigenvalue weighted by Gasteiger charge is 2.32. The van der Waals surface area contributed by atoms with Crippen LogP contribution in [0.25, 0.3) is 0 Å². The van der Waals surface area contributed by atoms with Crippen molar-refractivity contribution >= 4 is 27.5 Å². The summed E-state index contributed by atoms with van der Waals surface area (Å²) in [5.41, 5.74) is 5.92. The van der Waals surface area contributed by atoms with Gasteiger partial charge in [0.2, 0.25) is 11.0 Å². The molecule has 1 aliphatic heterocycles. The van der Waals surface area contributed by atoms with Gasteiger partial charge in [0.15, 0.2) is 5.76 Å². The molecule has 0 saturated carbocycles. The minimum absolute atomic E-state index is 0.107. The lowest BCUT2D eigenvalue weighted by Crippen LogP contribution is -2.51. The number of benzene rings is 1. The summed E-state index contributed by atoms with van der Waals surface area (Å²) in [7, 11) is -3.87. The van der Waals surface area contributed by atoms with Crippen molar-refractivity contribution in [1.82, 2.24) is 9.21 Å². The molecule has 27 heavy (non-hydrogen) atoms. The normalized spacial score (nSPS) is 15.5. The first-order valence-electron chi connectivity index (χ1n) is 8.34. The topological polar surface area (TPSA) is 126 Å². The fourth-order valence-electron chi connectivity index (χ4n) is 2.74. The van der Waals surface area contributed by atoms with Gasteiger partial charge in [-0.25, -0.2) is 8.42 Å². The number of para-hydroxylation sites is 1. The van der Waals surface area contributed by atoms with Crippen molar-refractivity contribution in [1.29, 1.82) is 0 Å². The lowest BCUT2D eigenvalue weighted by atomic mass is 10.3. The molecule has 1 aromatic heterocycles. The van der Waals surface area contributed by atoms with Crippen molar-refractivity contribution in [3.05, 3.63) is 48.2 Å². The second kappa shape index (κ2) is 7.80. The number of amides is 2. The molecule has 0 bridgehead atoms. The average Bonchev–Trinajstić information content (AvgIpc) is 3.18. The van der Waals surface area contributed by atoms with E-state index in [1.54, 1.807) is 4.90 Å². The highest BCUT2D eigenvalue weighted by atomic mass is 32.2. The maximum absolute atomic E-state index is 12.6. The first-order valence-corrected chi connectivity index (χ1v) is 9.78. The Labute approximate surface area is 156 Å². The van der Waals surface area contributed by atoms with Crippen LogP contribution in [0.15, 0.2) is 52.0 Å². The number of primary amides is 1. The zero-order valence-electron chi connectivity index (χ0n) is 14.5. The Hall–Kier alpha value is -2.85. The fourth-order valence-corrected chi connectivity index (χ4v) is 4.08. The van der Waals surface area contributed by atoms with E-state index in [0.717, 1.165) is 5.69 Å². The fraction of sp³-hybridized carbons (Fsp3) is 0.294. The molecule has 10 heteroatoms. The van der Waals surface area contributed by atoms with Crippen LogP contribution in [-0.4, -0.2) is 62.2 Å². The van der Waals surface area contributed by atoms with Gasteiger partial charge < -0.3 is 20.4 Å². The molecule has 0 radical (unpaired) electrons. The van der Waals surface area contributed by atoms with E-state index in [1.165, 1.54) is 16.4 Å². The summed E-state index contributed by atoms with van der Waals surface area (Å²) in [6.07, 6.45) is 0. The summed E-state index contributed by atoms with van der Waals surface area (Å²) in [5, 5.41) is 2.71. The number of piperazine rings is 1. The molecule has 0 unspecified atom stereocenters. The molecule has 0 atom stereocenters. The van der Waals surface area contributed by atoms with E-state index in [0.29, 0.717) is 0 Å². The molecule has 144 valence electrons. The van der Waals surface area contributed by atoms with Gasteiger partial charge in [0.1, 0.15) is 0 Å². The van der Waals surface area contributed by atoms with Gasteiger partial charge in [-0.1, -0.05) is 18.2 Å². The summed E-state index contributed by atoms with van der Waals surface area (Å²) < 4.78 is 31.4. The van der Waals surface area contributed by atoms with Crippen LogP contribution in [0, 0.1) is 0 Å². The maximum Gasteiger partial charge on any atom is 0.284 e. The number of anilines is 1. The molecule has 9 nitrogen and oxygen atoms in total. The molecular weight excluding hydrogens is 372 g/mol. The minimum Gasteiger partial charge on any atom is -0.438 e. The Morgan fingerprint density at radius 3 is 2.30 bits per heavy atom. The van der Waals surface area contributed by atoms with E-state index in [2.05, 4.69) is 5.32 Å². The number of carbonyl (C=O) groups excluding carboxylic acids is 2. The molecule has 1 aliphatic rings. The summed E-state index contributed by atoms with van der Waals surface area (Å²) in [6, 6.07) is 11.8. The number of carbonyl (C=O) groups is 2. The van der Waals surface area contributed by atoms with Crippen molar-refractivity contribution in [2.24, 2.45) is 5.73 Å². The molecule has 3 N–H and O–H groups in total. The number of rotatable bonds is 6. The Morgan fingerprint density at radius 2 is 1.70 bits per heavy atom. The van der Waals surface area contributed by atoms with Crippen LogP contribution >= 0.6 is 0 Å². The average molecular weight is 392 g/mol. The first-order chi connectivity index (χ1) is 12.9. The Bertz CT molecular complexity index is 918. The second-order valence-electron chi connectivity index (χ2n) is 5.99. The Morgan fingerprint density at radius 1 is 1.04 bits per heavy atom. The van der Waals surface area contributed by atoms with Gasteiger partial charge in [-0.3, -0.25) is 9.59 Å². The molecule has 1 saturated heterocycles. The monoisotopic (exact) mass is 392 g/mol. The van der Waals surface area contributed by atoms with Crippen LogP contribution in [0.2, 0.25) is 0 Å². The molecular formula is C17H20N4O5S. The third-order valence-electron chi connectivity index (χ3n) is 4.23. The molecule has 0 spiro atoms. The van der Waals surface area contributed by atoms with Crippen LogP contribution < -0.4 is 11.1 Å². The molecule has 2 amide bonds. The highest BCUT2D eigenvalue weighted by Crippen LogP contribution is 2.20. The number of nitrogens with zero attached hydrogens (tertiary/aromatic N) is 2. The third-order valence-corrected chi connectivity index (χ3v) is 6.00. The number of furan rings is 1. The van der Waals surface area contributed by atoms with Crippen LogP contribution in [0.1, 0.15) is 10.6 Å². The minimum atomic E-state index is -3.87. The van der Waals surface area contributed by atoms with Crippen molar-refractivity contribution in [3.8, 4) is 0 Å². The van der Waals surface area contributed by atoms with Crippen molar-refractivity contribution in [2.45, 2.75) is 5.09 Å². The molecule has 3 rings (SSSR count). The molecule has 1 fully saturated rings. The number of hydrogen-bond donors (Lipinski definition) is 2. The predicted molar refractivity (Wildman–Crippen MR) is 97.5 cm³/mol. The van der Waals surface area contributed by atoms with Gasteiger partial charge in [0.05, 0.1) is 6.54 Å². The van der Waals surface area contributed by atoms with Gasteiger partial charge in [-0.05, 0) is 24.3 Å².